The van der Waals surface area contributed by atoms with E-state index >= 15 is 0 Å². The van der Waals surface area contributed by atoms with Gasteiger partial charge in [-0.05, 0) is 67.1 Å². The first-order chi connectivity index (χ1) is 9.78. The molecule has 1 unspecified atom stereocenters. The second-order valence-electron chi connectivity index (χ2n) is 5.51. The first-order valence-corrected chi connectivity index (χ1v) is 7.32. The van der Waals surface area contributed by atoms with Gasteiger partial charge in [0.15, 0.2) is 0 Å². The van der Waals surface area contributed by atoms with Gasteiger partial charge in [-0.15, -0.1) is 0 Å². The Bertz CT molecular complexity index is 589. The third kappa shape index (κ3) is 2.61. The molecule has 3 rings (SSSR count). The van der Waals surface area contributed by atoms with Gasteiger partial charge in [-0.25, -0.2) is 4.39 Å². The third-order valence-electron chi connectivity index (χ3n) is 4.20. The Labute approximate surface area is 119 Å². The molecular formula is C18H20FN. The van der Waals surface area contributed by atoms with E-state index in [4.69, 9.17) is 0 Å². The Morgan fingerprint density at radius 3 is 2.25 bits per heavy atom. The van der Waals surface area contributed by atoms with Crippen LogP contribution in [0.2, 0.25) is 0 Å². The number of fused-ring (bicyclic) bond motifs is 1. The van der Waals surface area contributed by atoms with Crippen LogP contribution in [0.5, 0.6) is 0 Å². The van der Waals surface area contributed by atoms with Crippen LogP contribution >= 0.6 is 0 Å². The molecule has 0 spiro atoms. The summed E-state index contributed by atoms with van der Waals surface area (Å²) in [6.45, 7) is 0. The average molecular weight is 269 g/mol. The molecule has 20 heavy (non-hydrogen) atoms. The second kappa shape index (κ2) is 5.76. The van der Waals surface area contributed by atoms with Crippen LogP contribution in [0.15, 0.2) is 42.5 Å². The van der Waals surface area contributed by atoms with Crippen LogP contribution in [-0.4, -0.2) is 7.05 Å². The van der Waals surface area contributed by atoms with Crippen LogP contribution in [0.1, 0.15) is 41.1 Å². The molecule has 1 aliphatic carbocycles. The van der Waals surface area contributed by atoms with Gasteiger partial charge < -0.3 is 5.32 Å². The number of nitrogens with one attached hydrogen (secondary N) is 1. The molecule has 0 aliphatic heterocycles. The summed E-state index contributed by atoms with van der Waals surface area (Å²) in [6, 6.07) is 13.7. The van der Waals surface area contributed by atoms with Crippen molar-refractivity contribution in [3.63, 3.8) is 0 Å². The van der Waals surface area contributed by atoms with Crippen LogP contribution in [-0.2, 0) is 12.8 Å². The molecule has 1 aliphatic rings. The van der Waals surface area contributed by atoms with E-state index in [9.17, 15) is 4.39 Å². The molecule has 1 atom stereocenters. The van der Waals surface area contributed by atoms with Gasteiger partial charge in [-0.2, -0.15) is 0 Å². The summed E-state index contributed by atoms with van der Waals surface area (Å²) >= 11 is 0. The van der Waals surface area contributed by atoms with E-state index in [0.29, 0.717) is 0 Å². The average Bonchev–Trinajstić information content (AvgIpc) is 2.50. The first kappa shape index (κ1) is 13.3. The lowest BCUT2D eigenvalue weighted by Crippen LogP contribution is -2.18. The summed E-state index contributed by atoms with van der Waals surface area (Å²) < 4.78 is 13.1. The molecular weight excluding hydrogens is 249 g/mol. The number of benzene rings is 2. The molecule has 0 amide bonds. The van der Waals surface area contributed by atoms with Gasteiger partial charge in [-0.3, -0.25) is 0 Å². The Balaban J connectivity index is 1.94. The van der Waals surface area contributed by atoms with E-state index in [1.807, 2.05) is 19.2 Å². The Morgan fingerprint density at radius 2 is 1.55 bits per heavy atom. The van der Waals surface area contributed by atoms with Gasteiger partial charge in [0.25, 0.3) is 0 Å². The summed E-state index contributed by atoms with van der Waals surface area (Å²) in [5.41, 5.74) is 5.34. The number of aryl methyl sites for hydroxylation is 2. The van der Waals surface area contributed by atoms with E-state index in [1.54, 1.807) is 0 Å². The lowest BCUT2D eigenvalue weighted by molar-refractivity contribution is 0.623. The normalized spacial score (nSPS) is 15.7. The maximum Gasteiger partial charge on any atom is 0.123 e. The topological polar surface area (TPSA) is 12.0 Å². The van der Waals surface area contributed by atoms with Crippen LogP contribution in [0.4, 0.5) is 4.39 Å². The summed E-state index contributed by atoms with van der Waals surface area (Å²) in [5, 5.41) is 3.34. The van der Waals surface area contributed by atoms with Crippen molar-refractivity contribution in [2.75, 3.05) is 7.05 Å². The number of hydrogen-bond donors (Lipinski definition) is 1. The number of hydrogen-bond acceptors (Lipinski definition) is 1. The van der Waals surface area contributed by atoms with Gasteiger partial charge in [0.1, 0.15) is 5.82 Å². The molecule has 2 heteroatoms. The highest BCUT2D eigenvalue weighted by molar-refractivity contribution is 5.39. The molecule has 0 heterocycles. The fraction of sp³-hybridized carbons (Fsp3) is 0.333. The van der Waals surface area contributed by atoms with Gasteiger partial charge >= 0.3 is 0 Å². The smallest absolute Gasteiger partial charge is 0.123 e. The van der Waals surface area contributed by atoms with Gasteiger partial charge in [0.05, 0.1) is 6.04 Å². The van der Waals surface area contributed by atoms with Crippen molar-refractivity contribution in [2.45, 2.75) is 31.7 Å². The summed E-state index contributed by atoms with van der Waals surface area (Å²) in [7, 11) is 1.95. The number of rotatable bonds is 3. The summed E-state index contributed by atoms with van der Waals surface area (Å²) in [4.78, 5) is 0. The standard InChI is InChI=1S/C18H20FN/c1-20-18(14-8-10-17(19)11-9-14)16-7-6-13-4-2-3-5-15(13)12-16/h6-12,18,20H,2-5H2,1H3. The van der Waals surface area contributed by atoms with Crippen molar-refractivity contribution in [2.24, 2.45) is 0 Å². The van der Waals surface area contributed by atoms with Crippen molar-refractivity contribution in [1.29, 1.82) is 0 Å². The minimum absolute atomic E-state index is 0.128. The molecule has 0 radical (unpaired) electrons. The summed E-state index contributed by atoms with van der Waals surface area (Å²) in [6.07, 6.45) is 4.98. The molecule has 0 saturated heterocycles. The van der Waals surface area contributed by atoms with E-state index in [-0.39, 0.29) is 11.9 Å². The number of halogens is 1. The van der Waals surface area contributed by atoms with Crippen LogP contribution in [0.25, 0.3) is 0 Å². The SMILES string of the molecule is CNC(c1ccc(F)cc1)c1ccc2c(c1)CCCC2. The minimum atomic E-state index is -0.186. The van der Waals surface area contributed by atoms with Crippen molar-refractivity contribution in [3.8, 4) is 0 Å². The lowest BCUT2D eigenvalue weighted by atomic mass is 9.88. The maximum atomic E-state index is 13.1. The van der Waals surface area contributed by atoms with Crippen molar-refractivity contribution in [1.82, 2.24) is 5.32 Å². The zero-order valence-corrected chi connectivity index (χ0v) is 11.8. The maximum absolute atomic E-state index is 13.1. The fourth-order valence-electron chi connectivity index (χ4n) is 3.11. The third-order valence-corrected chi connectivity index (χ3v) is 4.20. The molecule has 1 nitrogen and oxygen atoms in total. The van der Waals surface area contributed by atoms with Crippen LogP contribution in [0.3, 0.4) is 0 Å². The predicted octanol–water partition coefficient (Wildman–Crippen LogP) is 4.01. The van der Waals surface area contributed by atoms with Gasteiger partial charge in [0.2, 0.25) is 0 Å². The Kier molecular flexibility index (Phi) is 3.83. The minimum Gasteiger partial charge on any atom is -0.309 e. The fourth-order valence-corrected chi connectivity index (χ4v) is 3.11. The van der Waals surface area contributed by atoms with Crippen molar-refractivity contribution in [3.05, 3.63) is 70.5 Å². The van der Waals surface area contributed by atoms with Gasteiger partial charge in [0, 0.05) is 0 Å². The molecule has 1 N–H and O–H groups in total. The molecule has 0 saturated carbocycles. The Morgan fingerprint density at radius 1 is 0.900 bits per heavy atom. The highest BCUT2D eigenvalue weighted by Crippen LogP contribution is 2.27. The zero-order chi connectivity index (χ0) is 13.9. The molecule has 0 bridgehead atoms. The zero-order valence-electron chi connectivity index (χ0n) is 11.8. The van der Waals surface area contributed by atoms with Crippen LogP contribution in [0, 0.1) is 5.82 Å². The monoisotopic (exact) mass is 269 g/mol. The van der Waals surface area contributed by atoms with E-state index in [0.717, 1.165) is 5.56 Å². The highest BCUT2D eigenvalue weighted by Gasteiger charge is 2.15. The highest BCUT2D eigenvalue weighted by atomic mass is 19.1. The van der Waals surface area contributed by atoms with Crippen LogP contribution < -0.4 is 5.32 Å². The van der Waals surface area contributed by atoms with E-state index in [2.05, 4.69) is 23.5 Å². The summed E-state index contributed by atoms with van der Waals surface area (Å²) in [5.74, 6) is -0.186. The van der Waals surface area contributed by atoms with Crippen molar-refractivity contribution < 1.29 is 4.39 Å². The van der Waals surface area contributed by atoms with E-state index < -0.39 is 0 Å². The quantitative estimate of drug-likeness (QED) is 0.887. The molecule has 0 aromatic heterocycles. The molecule has 0 fully saturated rings. The van der Waals surface area contributed by atoms with Crippen molar-refractivity contribution >= 4 is 0 Å². The molecule has 2 aromatic rings. The Hall–Kier alpha value is -1.67. The van der Waals surface area contributed by atoms with Gasteiger partial charge in [-0.1, -0.05) is 30.3 Å². The first-order valence-electron chi connectivity index (χ1n) is 7.32. The molecule has 104 valence electrons. The second-order valence-corrected chi connectivity index (χ2v) is 5.51. The predicted molar refractivity (Wildman–Crippen MR) is 80.4 cm³/mol. The lowest BCUT2D eigenvalue weighted by Gasteiger charge is -2.21. The molecule has 2 aromatic carbocycles. The largest absolute Gasteiger partial charge is 0.309 e. The van der Waals surface area contributed by atoms with E-state index in [1.165, 1.54) is 54.5 Å².